The summed E-state index contributed by atoms with van der Waals surface area (Å²) in [5.41, 5.74) is -0.467. The molecule has 1 saturated heterocycles. The zero-order chi connectivity index (χ0) is 12.3. The molecule has 90 valence electrons. The van der Waals surface area contributed by atoms with Crippen LogP contribution in [0.25, 0.3) is 4.85 Å². The van der Waals surface area contributed by atoms with Crippen molar-refractivity contribution in [1.29, 1.82) is 0 Å². The molecule has 0 aromatic heterocycles. The average molecular weight is 224 g/mol. The third kappa shape index (κ3) is 3.13. The number of rotatable bonds is 1. The number of hydrogen-bond donors (Lipinski definition) is 0. The maximum atomic E-state index is 11.9. The van der Waals surface area contributed by atoms with E-state index in [1.165, 1.54) is 0 Å². The summed E-state index contributed by atoms with van der Waals surface area (Å²) in [4.78, 5) is 17.1. The van der Waals surface area contributed by atoms with Gasteiger partial charge >= 0.3 is 6.09 Å². The van der Waals surface area contributed by atoms with Crippen molar-refractivity contribution in [2.75, 3.05) is 6.54 Å². The van der Waals surface area contributed by atoms with Crippen LogP contribution >= 0.6 is 0 Å². The summed E-state index contributed by atoms with van der Waals surface area (Å²) in [6.45, 7) is 15.2. The molecule has 0 aromatic carbocycles. The van der Waals surface area contributed by atoms with Gasteiger partial charge in [-0.05, 0) is 33.6 Å². The van der Waals surface area contributed by atoms with Crippen LogP contribution in [-0.2, 0) is 4.74 Å². The Morgan fingerprint density at radius 3 is 2.69 bits per heavy atom. The molecule has 4 heteroatoms. The molecule has 16 heavy (non-hydrogen) atoms. The van der Waals surface area contributed by atoms with Gasteiger partial charge in [-0.3, -0.25) is 4.90 Å². The van der Waals surface area contributed by atoms with Crippen molar-refractivity contribution in [2.24, 2.45) is 0 Å². The lowest BCUT2D eigenvalue weighted by atomic mass is 10.1. The summed E-state index contributed by atoms with van der Waals surface area (Å²) < 4.78 is 5.33. The van der Waals surface area contributed by atoms with Crippen LogP contribution in [0.15, 0.2) is 0 Å². The van der Waals surface area contributed by atoms with E-state index in [9.17, 15) is 4.79 Å². The molecule has 1 amide bonds. The molecule has 0 aliphatic carbocycles. The SMILES string of the molecule is [C-]#[N+]C(C)C1CCCN1C(=O)OC(C)(C)C. The maximum absolute atomic E-state index is 11.9. The maximum Gasteiger partial charge on any atom is 0.410 e. The molecule has 0 aromatic rings. The molecule has 1 aliphatic rings. The van der Waals surface area contributed by atoms with Gasteiger partial charge in [0.25, 0.3) is 0 Å². The second-order valence-corrected chi connectivity index (χ2v) is 5.25. The number of nitrogens with zero attached hydrogens (tertiary/aromatic N) is 2. The summed E-state index contributed by atoms with van der Waals surface area (Å²) in [5, 5.41) is 0. The highest BCUT2D eigenvalue weighted by molar-refractivity contribution is 5.69. The van der Waals surface area contributed by atoms with E-state index in [-0.39, 0.29) is 18.2 Å². The Labute approximate surface area is 97.4 Å². The summed E-state index contributed by atoms with van der Waals surface area (Å²) in [6.07, 6.45) is 1.58. The minimum Gasteiger partial charge on any atom is -0.444 e. The molecule has 1 aliphatic heterocycles. The first-order chi connectivity index (χ1) is 7.35. The van der Waals surface area contributed by atoms with Gasteiger partial charge in [-0.15, -0.1) is 0 Å². The Bertz CT molecular complexity index is 301. The fraction of sp³-hybridized carbons (Fsp3) is 0.833. The van der Waals surface area contributed by atoms with Gasteiger partial charge in [-0.1, -0.05) is 0 Å². The molecule has 1 heterocycles. The monoisotopic (exact) mass is 224 g/mol. The quantitative estimate of drug-likeness (QED) is 0.642. The van der Waals surface area contributed by atoms with Crippen LogP contribution in [0.2, 0.25) is 0 Å². The first kappa shape index (κ1) is 12.8. The molecule has 2 unspecified atom stereocenters. The predicted octanol–water partition coefficient (Wildman–Crippen LogP) is 2.69. The van der Waals surface area contributed by atoms with Crippen LogP contribution < -0.4 is 0 Å². The Balaban J connectivity index is 2.65. The van der Waals surface area contributed by atoms with Crippen LogP contribution in [0.1, 0.15) is 40.5 Å². The lowest BCUT2D eigenvalue weighted by Gasteiger charge is -2.28. The smallest absolute Gasteiger partial charge is 0.410 e. The third-order valence-electron chi connectivity index (χ3n) is 2.69. The van der Waals surface area contributed by atoms with E-state index >= 15 is 0 Å². The summed E-state index contributed by atoms with van der Waals surface area (Å²) in [5.74, 6) is 0. The van der Waals surface area contributed by atoms with Crippen molar-refractivity contribution in [3.8, 4) is 0 Å². The minimum atomic E-state index is -0.467. The van der Waals surface area contributed by atoms with Crippen molar-refractivity contribution in [3.63, 3.8) is 0 Å². The van der Waals surface area contributed by atoms with Crippen LogP contribution in [0.3, 0.4) is 0 Å². The molecular weight excluding hydrogens is 204 g/mol. The summed E-state index contributed by atoms with van der Waals surface area (Å²) in [7, 11) is 0. The van der Waals surface area contributed by atoms with Crippen molar-refractivity contribution in [2.45, 2.75) is 58.2 Å². The van der Waals surface area contributed by atoms with Gasteiger partial charge in [0.2, 0.25) is 6.04 Å². The van der Waals surface area contributed by atoms with Crippen molar-refractivity contribution in [1.82, 2.24) is 4.90 Å². The van der Waals surface area contributed by atoms with Crippen LogP contribution in [0, 0.1) is 6.57 Å². The molecule has 0 radical (unpaired) electrons. The fourth-order valence-electron chi connectivity index (χ4n) is 1.93. The standard InChI is InChI=1S/C12H20N2O2/c1-9(13-5)10-7-6-8-14(10)11(15)16-12(2,3)4/h9-10H,6-8H2,1-4H3. The van der Waals surface area contributed by atoms with E-state index in [1.807, 2.05) is 27.7 Å². The number of hydrogen-bond acceptors (Lipinski definition) is 2. The van der Waals surface area contributed by atoms with E-state index < -0.39 is 5.60 Å². The van der Waals surface area contributed by atoms with E-state index in [0.29, 0.717) is 6.54 Å². The lowest BCUT2D eigenvalue weighted by molar-refractivity contribution is 0.0219. The number of carbonyl (C=O) groups excluding carboxylic acids is 1. The van der Waals surface area contributed by atoms with Gasteiger partial charge in [0, 0.05) is 13.5 Å². The Morgan fingerprint density at radius 2 is 2.19 bits per heavy atom. The fourth-order valence-corrected chi connectivity index (χ4v) is 1.93. The molecule has 0 saturated carbocycles. The van der Waals surface area contributed by atoms with Gasteiger partial charge in [0.1, 0.15) is 11.6 Å². The molecule has 2 atom stereocenters. The van der Waals surface area contributed by atoms with Crippen LogP contribution in [0.5, 0.6) is 0 Å². The number of carbonyl (C=O) groups is 1. The van der Waals surface area contributed by atoms with Crippen LogP contribution in [0.4, 0.5) is 4.79 Å². The van der Waals surface area contributed by atoms with Crippen molar-refractivity contribution in [3.05, 3.63) is 11.4 Å². The number of ether oxygens (including phenoxy) is 1. The lowest BCUT2D eigenvalue weighted by Crippen LogP contribution is -2.43. The molecular formula is C12H20N2O2. The second-order valence-electron chi connectivity index (χ2n) is 5.25. The summed E-state index contributed by atoms with van der Waals surface area (Å²) in [6, 6.07) is -0.123. The molecule has 1 fully saturated rings. The van der Waals surface area contributed by atoms with E-state index in [0.717, 1.165) is 12.8 Å². The second kappa shape index (κ2) is 4.73. The predicted molar refractivity (Wildman–Crippen MR) is 62.0 cm³/mol. The van der Waals surface area contributed by atoms with Crippen molar-refractivity contribution >= 4 is 6.09 Å². The molecule has 0 N–H and O–H groups in total. The summed E-state index contributed by atoms with van der Waals surface area (Å²) >= 11 is 0. The highest BCUT2D eigenvalue weighted by atomic mass is 16.6. The van der Waals surface area contributed by atoms with Gasteiger partial charge in [0.15, 0.2) is 0 Å². The van der Waals surface area contributed by atoms with E-state index in [1.54, 1.807) is 4.90 Å². The van der Waals surface area contributed by atoms with Crippen LogP contribution in [-0.4, -0.2) is 35.2 Å². The Kier molecular flexibility index (Phi) is 3.79. The third-order valence-corrected chi connectivity index (χ3v) is 2.69. The zero-order valence-corrected chi connectivity index (χ0v) is 10.5. The molecule has 4 nitrogen and oxygen atoms in total. The normalized spacial score (nSPS) is 22.7. The molecule has 1 rings (SSSR count). The van der Waals surface area contributed by atoms with Gasteiger partial charge in [-0.25, -0.2) is 11.4 Å². The Hall–Kier alpha value is -1.24. The topological polar surface area (TPSA) is 33.9 Å². The minimum absolute atomic E-state index is 0.0207. The van der Waals surface area contributed by atoms with Gasteiger partial charge in [0.05, 0.1) is 0 Å². The van der Waals surface area contributed by atoms with Crippen molar-refractivity contribution < 1.29 is 9.53 Å². The number of likely N-dealkylation sites (tertiary alicyclic amines) is 1. The highest BCUT2D eigenvalue weighted by Crippen LogP contribution is 2.24. The van der Waals surface area contributed by atoms with E-state index in [4.69, 9.17) is 11.3 Å². The average Bonchev–Trinajstić information content (AvgIpc) is 2.62. The van der Waals surface area contributed by atoms with Gasteiger partial charge < -0.3 is 9.58 Å². The van der Waals surface area contributed by atoms with E-state index in [2.05, 4.69) is 4.85 Å². The number of amides is 1. The first-order valence-corrected chi connectivity index (χ1v) is 5.71. The molecule has 0 bridgehead atoms. The largest absolute Gasteiger partial charge is 0.444 e. The zero-order valence-electron chi connectivity index (χ0n) is 10.5. The first-order valence-electron chi connectivity index (χ1n) is 5.71. The molecule has 0 spiro atoms. The highest BCUT2D eigenvalue weighted by Gasteiger charge is 2.37. The van der Waals surface area contributed by atoms with Gasteiger partial charge in [-0.2, -0.15) is 0 Å². The Morgan fingerprint density at radius 1 is 1.56 bits per heavy atom.